The zero-order valence-corrected chi connectivity index (χ0v) is 8.59. The summed E-state index contributed by atoms with van der Waals surface area (Å²) in [6.07, 6.45) is 0. The number of anilines is 2. The van der Waals surface area contributed by atoms with Crippen molar-refractivity contribution in [2.45, 2.75) is 6.54 Å². The maximum Gasteiger partial charge on any atom is 0.0959 e. The van der Waals surface area contributed by atoms with Crippen molar-refractivity contribution in [3.8, 4) is 0 Å². The fraction of sp³-hybridized carbons (Fsp3) is 0.273. The maximum absolute atomic E-state index is 3.85. The van der Waals surface area contributed by atoms with Crippen LogP contribution in [0.25, 0.3) is 0 Å². The molecule has 2 N–H and O–H groups in total. The minimum absolute atomic E-state index is 0.843. The van der Waals surface area contributed by atoms with E-state index in [4.69, 9.17) is 0 Å². The molecule has 0 saturated heterocycles. The maximum atomic E-state index is 3.85. The summed E-state index contributed by atoms with van der Waals surface area (Å²) in [6, 6.07) is 6.25. The van der Waals surface area contributed by atoms with Crippen molar-refractivity contribution in [3.63, 3.8) is 0 Å². The molecular formula is C11H15N3. The lowest BCUT2D eigenvalue weighted by Crippen LogP contribution is -2.26. The first-order chi connectivity index (χ1) is 6.68. The van der Waals surface area contributed by atoms with Crippen LogP contribution in [0.2, 0.25) is 0 Å². The molecule has 0 bridgehead atoms. The predicted octanol–water partition coefficient (Wildman–Crippen LogP) is 1.74. The highest BCUT2D eigenvalue weighted by Gasteiger charge is 2.14. The molecule has 0 atom stereocenters. The number of rotatable bonds is 1. The minimum Gasteiger partial charge on any atom is -0.377 e. The first kappa shape index (κ1) is 8.94. The molecule has 0 saturated carbocycles. The van der Waals surface area contributed by atoms with Gasteiger partial charge in [0.25, 0.3) is 0 Å². The van der Waals surface area contributed by atoms with Gasteiger partial charge in [-0.15, -0.1) is 0 Å². The topological polar surface area (TPSA) is 27.3 Å². The van der Waals surface area contributed by atoms with E-state index in [1.807, 2.05) is 0 Å². The highest BCUT2D eigenvalue weighted by molar-refractivity contribution is 5.69. The molecule has 0 radical (unpaired) electrons. The van der Waals surface area contributed by atoms with Crippen LogP contribution < -0.4 is 15.5 Å². The van der Waals surface area contributed by atoms with Crippen molar-refractivity contribution < 1.29 is 0 Å². The highest BCUT2D eigenvalue weighted by Crippen LogP contribution is 2.29. The standard InChI is InChI=1S/C11H15N3/c1-8-12-7-9-10(13-8)5-4-6-11(9)14(2)3/h4-6,12-13H,1,7H2,2-3H3. The quantitative estimate of drug-likeness (QED) is 0.704. The summed E-state index contributed by atoms with van der Waals surface area (Å²) in [5, 5.41) is 6.42. The molecule has 3 nitrogen and oxygen atoms in total. The van der Waals surface area contributed by atoms with E-state index in [1.165, 1.54) is 11.3 Å². The third-order valence-corrected chi connectivity index (χ3v) is 2.40. The third-order valence-electron chi connectivity index (χ3n) is 2.40. The largest absolute Gasteiger partial charge is 0.377 e. The van der Waals surface area contributed by atoms with Crippen LogP contribution in [0, 0.1) is 0 Å². The van der Waals surface area contributed by atoms with Crippen LogP contribution >= 0.6 is 0 Å². The summed E-state index contributed by atoms with van der Waals surface area (Å²) in [7, 11) is 4.11. The number of nitrogens with one attached hydrogen (secondary N) is 2. The fourth-order valence-corrected chi connectivity index (χ4v) is 1.70. The van der Waals surface area contributed by atoms with E-state index < -0.39 is 0 Å². The molecule has 2 rings (SSSR count). The molecule has 1 aliphatic rings. The average Bonchev–Trinajstić information content (AvgIpc) is 2.16. The predicted molar refractivity (Wildman–Crippen MR) is 60.4 cm³/mol. The zero-order valence-electron chi connectivity index (χ0n) is 8.59. The van der Waals surface area contributed by atoms with Crippen molar-refractivity contribution in [1.29, 1.82) is 0 Å². The van der Waals surface area contributed by atoms with Crippen LogP contribution in [0.15, 0.2) is 30.6 Å². The van der Waals surface area contributed by atoms with Gasteiger partial charge in [-0.1, -0.05) is 12.6 Å². The molecule has 14 heavy (non-hydrogen) atoms. The van der Waals surface area contributed by atoms with E-state index >= 15 is 0 Å². The summed E-state index contributed by atoms with van der Waals surface area (Å²) < 4.78 is 0. The first-order valence-corrected chi connectivity index (χ1v) is 4.67. The van der Waals surface area contributed by atoms with Crippen LogP contribution in [0.5, 0.6) is 0 Å². The van der Waals surface area contributed by atoms with Gasteiger partial charge in [0.2, 0.25) is 0 Å². The van der Waals surface area contributed by atoms with Gasteiger partial charge in [0, 0.05) is 37.6 Å². The molecule has 1 aromatic carbocycles. The minimum atomic E-state index is 0.843. The summed E-state index contributed by atoms with van der Waals surface area (Å²) in [5.41, 5.74) is 3.69. The highest BCUT2D eigenvalue weighted by atomic mass is 15.1. The number of hydrogen-bond acceptors (Lipinski definition) is 3. The number of nitrogens with zero attached hydrogens (tertiary/aromatic N) is 1. The second-order valence-electron chi connectivity index (χ2n) is 3.65. The Balaban J connectivity index is 2.46. The van der Waals surface area contributed by atoms with Crippen molar-refractivity contribution >= 4 is 11.4 Å². The molecule has 1 aliphatic heterocycles. The van der Waals surface area contributed by atoms with E-state index in [-0.39, 0.29) is 0 Å². The normalized spacial score (nSPS) is 14.0. The molecule has 0 fully saturated rings. The third kappa shape index (κ3) is 1.41. The molecule has 3 heteroatoms. The Morgan fingerprint density at radius 3 is 2.86 bits per heavy atom. The molecule has 74 valence electrons. The van der Waals surface area contributed by atoms with Crippen LogP contribution in [0.3, 0.4) is 0 Å². The van der Waals surface area contributed by atoms with Crippen LogP contribution in [0.4, 0.5) is 11.4 Å². The summed E-state index contributed by atoms with van der Waals surface area (Å²) >= 11 is 0. The van der Waals surface area contributed by atoms with Crippen molar-refractivity contribution in [3.05, 3.63) is 36.2 Å². The van der Waals surface area contributed by atoms with Crippen LogP contribution in [-0.4, -0.2) is 14.1 Å². The van der Waals surface area contributed by atoms with E-state index in [0.29, 0.717) is 0 Å². The summed E-state index contributed by atoms with van der Waals surface area (Å²) in [5.74, 6) is 0.869. The van der Waals surface area contributed by atoms with Gasteiger partial charge in [-0.2, -0.15) is 0 Å². The molecule has 0 aliphatic carbocycles. The Bertz CT molecular complexity index is 369. The smallest absolute Gasteiger partial charge is 0.0959 e. The Labute approximate surface area is 84.4 Å². The van der Waals surface area contributed by atoms with Gasteiger partial charge in [-0.25, -0.2) is 0 Å². The molecule has 1 aromatic rings. The van der Waals surface area contributed by atoms with Crippen molar-refractivity contribution in [2.24, 2.45) is 0 Å². The second kappa shape index (κ2) is 3.25. The van der Waals surface area contributed by atoms with E-state index in [0.717, 1.165) is 18.1 Å². The molecule has 0 unspecified atom stereocenters. The van der Waals surface area contributed by atoms with Crippen LogP contribution in [-0.2, 0) is 6.54 Å². The van der Waals surface area contributed by atoms with Gasteiger partial charge >= 0.3 is 0 Å². The van der Waals surface area contributed by atoms with E-state index in [9.17, 15) is 0 Å². The van der Waals surface area contributed by atoms with E-state index in [2.05, 4.69) is 54.4 Å². The fourth-order valence-electron chi connectivity index (χ4n) is 1.70. The number of fused-ring (bicyclic) bond motifs is 1. The lowest BCUT2D eigenvalue weighted by atomic mass is 10.1. The monoisotopic (exact) mass is 189 g/mol. The number of benzene rings is 1. The van der Waals surface area contributed by atoms with Crippen LogP contribution in [0.1, 0.15) is 5.56 Å². The van der Waals surface area contributed by atoms with Crippen molar-refractivity contribution in [2.75, 3.05) is 24.3 Å². The average molecular weight is 189 g/mol. The first-order valence-electron chi connectivity index (χ1n) is 4.67. The summed E-state index contributed by atoms with van der Waals surface area (Å²) in [6.45, 7) is 4.69. The zero-order chi connectivity index (χ0) is 10.1. The van der Waals surface area contributed by atoms with E-state index in [1.54, 1.807) is 0 Å². The second-order valence-corrected chi connectivity index (χ2v) is 3.65. The van der Waals surface area contributed by atoms with Gasteiger partial charge < -0.3 is 15.5 Å². The molecule has 0 aromatic heterocycles. The van der Waals surface area contributed by atoms with Crippen molar-refractivity contribution in [1.82, 2.24) is 5.32 Å². The van der Waals surface area contributed by atoms with Gasteiger partial charge in [0.1, 0.15) is 0 Å². The molecule has 0 spiro atoms. The Morgan fingerprint density at radius 1 is 1.36 bits per heavy atom. The molecule has 0 amide bonds. The lowest BCUT2D eigenvalue weighted by molar-refractivity contribution is 0.793. The Kier molecular flexibility index (Phi) is 2.08. The summed E-state index contributed by atoms with van der Waals surface area (Å²) in [4.78, 5) is 2.12. The molecular weight excluding hydrogens is 174 g/mol. The van der Waals surface area contributed by atoms with Gasteiger partial charge in [0.15, 0.2) is 0 Å². The SMILES string of the molecule is C=C1NCc2c(cccc2N(C)C)N1. The Hall–Kier alpha value is -1.64. The van der Waals surface area contributed by atoms with Gasteiger partial charge in [-0.05, 0) is 12.1 Å². The van der Waals surface area contributed by atoms with Gasteiger partial charge in [0.05, 0.1) is 5.82 Å². The lowest BCUT2D eigenvalue weighted by Gasteiger charge is -2.26. The molecule has 1 heterocycles. The Morgan fingerprint density at radius 2 is 2.14 bits per heavy atom. The number of hydrogen-bond donors (Lipinski definition) is 2. The van der Waals surface area contributed by atoms with Gasteiger partial charge in [-0.3, -0.25) is 0 Å².